The van der Waals surface area contributed by atoms with Crippen LogP contribution in [0.15, 0.2) is 77.7 Å². The SMILES string of the molecule is COc1ccc(C(=O)Oc2ccc(/C=C3\SC(=O)N(Cc4ccccc4C)C3=O)cc2)cc1. The molecule has 0 spiro atoms. The summed E-state index contributed by atoms with van der Waals surface area (Å²) in [6, 6.07) is 21.0. The van der Waals surface area contributed by atoms with Gasteiger partial charge in [-0.1, -0.05) is 36.4 Å². The molecule has 33 heavy (non-hydrogen) atoms. The molecule has 0 N–H and O–H groups in total. The van der Waals surface area contributed by atoms with E-state index in [0.29, 0.717) is 22.0 Å². The second-order valence-electron chi connectivity index (χ2n) is 7.38. The van der Waals surface area contributed by atoms with Crippen LogP contribution >= 0.6 is 11.8 Å². The molecule has 0 bridgehead atoms. The fourth-order valence-corrected chi connectivity index (χ4v) is 4.11. The molecule has 0 radical (unpaired) electrons. The van der Waals surface area contributed by atoms with Gasteiger partial charge >= 0.3 is 5.97 Å². The van der Waals surface area contributed by atoms with Crippen LogP contribution in [0.4, 0.5) is 4.79 Å². The van der Waals surface area contributed by atoms with Crippen molar-refractivity contribution in [1.29, 1.82) is 0 Å². The van der Waals surface area contributed by atoms with Crippen LogP contribution in [-0.4, -0.2) is 29.1 Å². The van der Waals surface area contributed by atoms with Crippen molar-refractivity contribution >= 4 is 35.0 Å². The summed E-state index contributed by atoms with van der Waals surface area (Å²) < 4.78 is 10.5. The maximum absolute atomic E-state index is 12.8. The Balaban J connectivity index is 1.43. The molecule has 3 aromatic rings. The number of amides is 2. The van der Waals surface area contributed by atoms with E-state index in [1.165, 1.54) is 4.90 Å². The van der Waals surface area contributed by atoms with Crippen molar-refractivity contribution < 1.29 is 23.9 Å². The quantitative estimate of drug-likeness (QED) is 0.277. The number of benzene rings is 3. The minimum absolute atomic E-state index is 0.245. The highest BCUT2D eigenvalue weighted by Gasteiger charge is 2.35. The molecule has 6 nitrogen and oxygen atoms in total. The number of methoxy groups -OCH3 is 1. The third-order valence-electron chi connectivity index (χ3n) is 5.18. The highest BCUT2D eigenvalue weighted by molar-refractivity contribution is 8.18. The first kappa shape index (κ1) is 22.4. The van der Waals surface area contributed by atoms with Crippen LogP contribution in [-0.2, 0) is 11.3 Å². The molecule has 0 aromatic heterocycles. The van der Waals surface area contributed by atoms with Crippen LogP contribution in [0.1, 0.15) is 27.0 Å². The van der Waals surface area contributed by atoms with E-state index >= 15 is 0 Å². The molecular formula is C26H21NO5S. The number of hydrogen-bond acceptors (Lipinski definition) is 6. The Labute approximate surface area is 195 Å². The Morgan fingerprint density at radius 1 is 0.939 bits per heavy atom. The molecule has 4 rings (SSSR count). The smallest absolute Gasteiger partial charge is 0.343 e. The molecule has 1 fully saturated rings. The van der Waals surface area contributed by atoms with Gasteiger partial charge in [0.2, 0.25) is 0 Å². The second kappa shape index (κ2) is 9.75. The number of rotatable bonds is 6. The number of thioether (sulfide) groups is 1. The van der Waals surface area contributed by atoms with Crippen molar-refractivity contribution in [3.8, 4) is 11.5 Å². The monoisotopic (exact) mass is 459 g/mol. The third kappa shape index (κ3) is 5.15. The standard InChI is InChI=1S/C26H21NO5S/c1-17-5-3-4-6-20(17)16-27-24(28)23(33-26(27)30)15-18-7-11-22(12-8-18)32-25(29)19-9-13-21(31-2)14-10-19/h3-15H,16H2,1-2H3/b23-15-. The number of imide groups is 1. The molecule has 0 unspecified atom stereocenters. The first-order chi connectivity index (χ1) is 15.9. The lowest BCUT2D eigenvalue weighted by Crippen LogP contribution is -2.27. The van der Waals surface area contributed by atoms with E-state index < -0.39 is 5.97 Å². The fourth-order valence-electron chi connectivity index (χ4n) is 3.27. The molecule has 166 valence electrons. The zero-order chi connectivity index (χ0) is 23.4. The lowest BCUT2D eigenvalue weighted by Gasteiger charge is -2.14. The number of nitrogens with zero attached hydrogens (tertiary/aromatic N) is 1. The molecule has 1 aliphatic heterocycles. The van der Waals surface area contributed by atoms with E-state index in [2.05, 4.69) is 0 Å². The summed E-state index contributed by atoms with van der Waals surface area (Å²) in [4.78, 5) is 39.1. The average Bonchev–Trinajstić information content (AvgIpc) is 3.09. The van der Waals surface area contributed by atoms with Gasteiger partial charge in [-0.05, 0) is 77.9 Å². The van der Waals surface area contributed by atoms with Crippen molar-refractivity contribution in [2.75, 3.05) is 7.11 Å². The maximum atomic E-state index is 12.8. The van der Waals surface area contributed by atoms with E-state index in [4.69, 9.17) is 9.47 Å². The van der Waals surface area contributed by atoms with E-state index in [1.807, 2.05) is 31.2 Å². The summed E-state index contributed by atoms with van der Waals surface area (Å²) in [7, 11) is 1.56. The normalized spacial score (nSPS) is 14.6. The molecule has 0 atom stereocenters. The topological polar surface area (TPSA) is 72.9 Å². The molecule has 3 aromatic carbocycles. The van der Waals surface area contributed by atoms with Crippen molar-refractivity contribution in [2.45, 2.75) is 13.5 Å². The zero-order valence-electron chi connectivity index (χ0n) is 18.1. The van der Waals surface area contributed by atoms with E-state index in [9.17, 15) is 14.4 Å². The number of esters is 1. The first-order valence-electron chi connectivity index (χ1n) is 10.2. The van der Waals surface area contributed by atoms with Crippen molar-refractivity contribution in [1.82, 2.24) is 4.90 Å². The summed E-state index contributed by atoms with van der Waals surface area (Å²) in [5.41, 5.74) is 3.09. The number of hydrogen-bond donors (Lipinski definition) is 0. The van der Waals surface area contributed by atoms with Crippen LogP contribution in [0.3, 0.4) is 0 Å². The molecule has 1 heterocycles. The highest BCUT2D eigenvalue weighted by atomic mass is 32.2. The van der Waals surface area contributed by atoms with Gasteiger partial charge in [-0.2, -0.15) is 0 Å². The molecular weight excluding hydrogens is 438 g/mol. The summed E-state index contributed by atoms with van der Waals surface area (Å²) in [6.07, 6.45) is 1.66. The molecule has 0 aliphatic carbocycles. The fraction of sp³-hybridized carbons (Fsp3) is 0.115. The minimum Gasteiger partial charge on any atom is -0.497 e. The van der Waals surface area contributed by atoms with Crippen LogP contribution in [0.25, 0.3) is 6.08 Å². The van der Waals surface area contributed by atoms with Crippen molar-refractivity contribution in [3.05, 3.63) is 100.0 Å². The van der Waals surface area contributed by atoms with E-state index in [0.717, 1.165) is 28.5 Å². The molecule has 7 heteroatoms. The predicted octanol–water partition coefficient (Wildman–Crippen LogP) is 5.46. The molecule has 1 aliphatic rings. The Kier molecular flexibility index (Phi) is 6.60. The summed E-state index contributed by atoms with van der Waals surface area (Å²) in [6.45, 7) is 2.20. The predicted molar refractivity (Wildman–Crippen MR) is 127 cm³/mol. The maximum Gasteiger partial charge on any atom is 0.343 e. The van der Waals surface area contributed by atoms with Gasteiger partial charge in [0.05, 0.1) is 24.1 Å². The Morgan fingerprint density at radius 3 is 2.27 bits per heavy atom. The van der Waals surface area contributed by atoms with Gasteiger partial charge in [0.25, 0.3) is 11.1 Å². The minimum atomic E-state index is -0.484. The summed E-state index contributed by atoms with van der Waals surface area (Å²) >= 11 is 0.920. The van der Waals surface area contributed by atoms with E-state index in [1.54, 1.807) is 61.7 Å². The van der Waals surface area contributed by atoms with Crippen molar-refractivity contribution in [3.63, 3.8) is 0 Å². The van der Waals surface area contributed by atoms with E-state index in [-0.39, 0.29) is 17.7 Å². The van der Waals surface area contributed by atoms with Gasteiger partial charge in [-0.3, -0.25) is 14.5 Å². The number of aryl methyl sites for hydroxylation is 1. The van der Waals surface area contributed by atoms with Gasteiger partial charge in [0, 0.05) is 0 Å². The second-order valence-corrected chi connectivity index (χ2v) is 8.37. The Morgan fingerprint density at radius 2 is 1.61 bits per heavy atom. The molecule has 2 amide bonds. The van der Waals surface area contributed by atoms with Crippen molar-refractivity contribution in [2.24, 2.45) is 0 Å². The van der Waals surface area contributed by atoms with Crippen LogP contribution < -0.4 is 9.47 Å². The van der Waals surface area contributed by atoms with Crippen LogP contribution in [0.5, 0.6) is 11.5 Å². The Hall–Kier alpha value is -3.84. The molecule has 1 saturated heterocycles. The average molecular weight is 460 g/mol. The number of carbonyl (C=O) groups is 3. The van der Waals surface area contributed by atoms with Gasteiger partial charge < -0.3 is 9.47 Å². The lowest BCUT2D eigenvalue weighted by atomic mass is 10.1. The number of carbonyl (C=O) groups excluding carboxylic acids is 3. The third-order valence-corrected chi connectivity index (χ3v) is 6.08. The van der Waals surface area contributed by atoms with Gasteiger partial charge in [0.15, 0.2) is 0 Å². The summed E-state index contributed by atoms with van der Waals surface area (Å²) in [5, 5.41) is -0.292. The number of ether oxygens (including phenoxy) is 2. The van der Waals surface area contributed by atoms with Gasteiger partial charge in [-0.15, -0.1) is 0 Å². The molecule has 0 saturated carbocycles. The first-order valence-corrected chi connectivity index (χ1v) is 11.0. The van der Waals surface area contributed by atoms with Gasteiger partial charge in [-0.25, -0.2) is 4.79 Å². The van der Waals surface area contributed by atoms with Crippen LogP contribution in [0, 0.1) is 6.92 Å². The zero-order valence-corrected chi connectivity index (χ0v) is 18.9. The Bertz CT molecular complexity index is 1230. The highest BCUT2D eigenvalue weighted by Crippen LogP contribution is 2.33. The lowest BCUT2D eigenvalue weighted by molar-refractivity contribution is -0.123. The summed E-state index contributed by atoms with van der Waals surface area (Å²) in [5.74, 6) is 0.228. The van der Waals surface area contributed by atoms with Crippen LogP contribution in [0.2, 0.25) is 0 Å². The van der Waals surface area contributed by atoms with Gasteiger partial charge in [0.1, 0.15) is 11.5 Å². The largest absolute Gasteiger partial charge is 0.497 e.